The summed E-state index contributed by atoms with van der Waals surface area (Å²) in [6, 6.07) is 0. The quantitative estimate of drug-likeness (QED) is 0.487. The molecule has 0 aromatic heterocycles. The van der Waals surface area contributed by atoms with E-state index in [1.807, 2.05) is 6.92 Å². The molecule has 172 valence electrons. The zero-order chi connectivity index (χ0) is 21.9. The first-order chi connectivity index (χ1) is 14.0. The average molecular weight is 417 g/mol. The van der Waals surface area contributed by atoms with E-state index in [0.717, 1.165) is 49.9 Å². The van der Waals surface area contributed by atoms with Crippen LogP contribution < -0.4 is 0 Å². The maximum atomic E-state index is 11.0. The lowest BCUT2D eigenvalue weighted by molar-refractivity contribution is -0.0780. The van der Waals surface area contributed by atoms with Crippen LogP contribution in [0.3, 0.4) is 0 Å². The van der Waals surface area contributed by atoms with Crippen LogP contribution in [0.1, 0.15) is 106 Å². The Kier molecular flexibility index (Phi) is 6.02. The minimum Gasteiger partial charge on any atom is -0.393 e. The van der Waals surface area contributed by atoms with Crippen molar-refractivity contribution in [1.82, 2.24) is 0 Å². The van der Waals surface area contributed by atoms with Crippen LogP contribution >= 0.6 is 0 Å². The van der Waals surface area contributed by atoms with Crippen LogP contribution in [0.5, 0.6) is 0 Å². The lowest BCUT2D eigenvalue weighted by Crippen LogP contribution is -2.52. The van der Waals surface area contributed by atoms with Gasteiger partial charge in [-0.3, -0.25) is 0 Å². The zero-order valence-electron chi connectivity index (χ0n) is 20.6. The van der Waals surface area contributed by atoms with Crippen molar-refractivity contribution in [2.45, 2.75) is 117 Å². The first-order valence-electron chi connectivity index (χ1n) is 13.1. The smallest absolute Gasteiger partial charge is 0.0657 e. The Hall–Kier alpha value is -0.340. The van der Waals surface area contributed by atoms with Crippen molar-refractivity contribution >= 4 is 0 Å². The standard InChI is InChI=1S/C28H48O2/c1-18(2)7-12-25(29)19(3)22-10-11-23-21-9-8-20-17-26(4,30)15-16-27(20,5)24(21)13-14-28(22,23)6/h8,18-19,21-25,29-30H,7,9-17H2,1-6H3/t19-,21-,22+,23-,24?,25+,26-,27-,28+/m0/s1. The molecule has 1 unspecified atom stereocenters. The number of hydrogen-bond donors (Lipinski definition) is 2. The number of fused-ring (bicyclic) bond motifs is 5. The van der Waals surface area contributed by atoms with E-state index in [4.69, 9.17) is 0 Å². The van der Waals surface area contributed by atoms with Crippen LogP contribution in [0.2, 0.25) is 0 Å². The fourth-order valence-electron chi connectivity index (χ4n) is 8.74. The Morgan fingerprint density at radius 3 is 2.40 bits per heavy atom. The van der Waals surface area contributed by atoms with Gasteiger partial charge in [0.2, 0.25) is 0 Å². The number of allylic oxidation sites excluding steroid dienone is 1. The summed E-state index contributed by atoms with van der Waals surface area (Å²) in [7, 11) is 0. The van der Waals surface area contributed by atoms with E-state index in [2.05, 4.69) is 40.7 Å². The van der Waals surface area contributed by atoms with Gasteiger partial charge in [0.25, 0.3) is 0 Å². The number of hydrogen-bond acceptors (Lipinski definition) is 2. The maximum Gasteiger partial charge on any atom is 0.0657 e. The first-order valence-corrected chi connectivity index (χ1v) is 13.1. The summed E-state index contributed by atoms with van der Waals surface area (Å²) in [6.07, 6.45) is 14.1. The first kappa shape index (κ1) is 22.8. The van der Waals surface area contributed by atoms with Crippen LogP contribution in [0.4, 0.5) is 0 Å². The van der Waals surface area contributed by atoms with E-state index in [0.29, 0.717) is 28.6 Å². The molecular formula is C28H48O2. The molecule has 0 amide bonds. The molecule has 3 saturated carbocycles. The lowest BCUT2D eigenvalue weighted by atomic mass is 9.46. The maximum absolute atomic E-state index is 11.0. The summed E-state index contributed by atoms with van der Waals surface area (Å²) in [5, 5.41) is 21.7. The van der Waals surface area contributed by atoms with Gasteiger partial charge in [-0.25, -0.2) is 0 Å². The fraction of sp³-hybridized carbons (Fsp3) is 0.929. The molecule has 0 aromatic rings. The Labute approximate surface area is 185 Å². The SMILES string of the molecule is CC(C)CC[C@@H](O)[C@@H](C)[C@H]1CC[C@H]2[C@@H]3CC=C4C[C@@](C)(O)CC[C@]4(C)C3CC[C@]12C. The number of aliphatic hydroxyl groups excluding tert-OH is 1. The third-order valence-corrected chi connectivity index (χ3v) is 10.7. The van der Waals surface area contributed by atoms with Gasteiger partial charge in [0.1, 0.15) is 0 Å². The summed E-state index contributed by atoms with van der Waals surface area (Å²) in [5.41, 5.74) is 1.78. The summed E-state index contributed by atoms with van der Waals surface area (Å²) in [5.74, 6) is 4.20. The highest BCUT2D eigenvalue weighted by molar-refractivity contribution is 5.26. The van der Waals surface area contributed by atoms with Gasteiger partial charge in [0.05, 0.1) is 11.7 Å². The van der Waals surface area contributed by atoms with Crippen LogP contribution in [-0.2, 0) is 0 Å². The zero-order valence-corrected chi connectivity index (χ0v) is 20.6. The van der Waals surface area contributed by atoms with E-state index >= 15 is 0 Å². The normalized spacial score (nSPS) is 47.8. The largest absolute Gasteiger partial charge is 0.393 e. The van der Waals surface area contributed by atoms with Crippen LogP contribution in [0, 0.1) is 46.3 Å². The lowest BCUT2D eigenvalue weighted by Gasteiger charge is -2.59. The van der Waals surface area contributed by atoms with Crippen molar-refractivity contribution in [1.29, 1.82) is 0 Å². The molecule has 9 atom stereocenters. The average Bonchev–Trinajstić information content (AvgIpc) is 3.03. The highest BCUT2D eigenvalue weighted by Crippen LogP contribution is 2.67. The molecule has 0 aliphatic heterocycles. The van der Waals surface area contributed by atoms with Gasteiger partial charge in [-0.05, 0) is 117 Å². The predicted octanol–water partition coefficient (Wildman–Crippen LogP) is 6.75. The molecule has 2 heteroatoms. The Bertz CT molecular complexity index is 664. The Balaban J connectivity index is 1.52. The van der Waals surface area contributed by atoms with Crippen molar-refractivity contribution in [3.05, 3.63) is 11.6 Å². The summed E-state index contributed by atoms with van der Waals surface area (Å²) in [4.78, 5) is 0. The molecule has 30 heavy (non-hydrogen) atoms. The second-order valence-corrected chi connectivity index (χ2v) is 13.1. The fourth-order valence-corrected chi connectivity index (χ4v) is 8.74. The molecule has 2 nitrogen and oxygen atoms in total. The minimum absolute atomic E-state index is 0.137. The molecule has 2 N–H and O–H groups in total. The van der Waals surface area contributed by atoms with E-state index in [9.17, 15) is 10.2 Å². The third-order valence-electron chi connectivity index (χ3n) is 10.7. The second kappa shape index (κ2) is 7.91. The molecule has 4 aliphatic rings. The van der Waals surface area contributed by atoms with Gasteiger partial charge in [-0.2, -0.15) is 0 Å². The highest BCUT2D eigenvalue weighted by atomic mass is 16.3. The van der Waals surface area contributed by atoms with Crippen LogP contribution in [0.15, 0.2) is 11.6 Å². The van der Waals surface area contributed by atoms with Gasteiger partial charge in [0, 0.05) is 0 Å². The van der Waals surface area contributed by atoms with E-state index in [-0.39, 0.29) is 6.10 Å². The van der Waals surface area contributed by atoms with Gasteiger partial charge >= 0.3 is 0 Å². The van der Waals surface area contributed by atoms with E-state index < -0.39 is 5.60 Å². The van der Waals surface area contributed by atoms with Crippen LogP contribution in [0.25, 0.3) is 0 Å². The van der Waals surface area contributed by atoms with Crippen LogP contribution in [-0.4, -0.2) is 21.9 Å². The molecule has 3 fully saturated rings. The van der Waals surface area contributed by atoms with E-state index in [1.54, 1.807) is 5.57 Å². The molecule has 0 heterocycles. The van der Waals surface area contributed by atoms with Crippen molar-refractivity contribution in [2.24, 2.45) is 46.3 Å². The summed E-state index contributed by atoms with van der Waals surface area (Å²) < 4.78 is 0. The third kappa shape index (κ3) is 3.72. The van der Waals surface area contributed by atoms with Gasteiger partial charge < -0.3 is 10.2 Å². The Morgan fingerprint density at radius 1 is 0.967 bits per heavy atom. The summed E-state index contributed by atoms with van der Waals surface area (Å²) in [6.45, 7) is 14.0. The summed E-state index contributed by atoms with van der Waals surface area (Å²) >= 11 is 0. The van der Waals surface area contributed by atoms with Gasteiger partial charge in [-0.1, -0.05) is 46.3 Å². The molecule has 0 bridgehead atoms. The minimum atomic E-state index is -0.499. The Morgan fingerprint density at radius 2 is 1.70 bits per heavy atom. The molecule has 4 rings (SSSR count). The monoisotopic (exact) mass is 416 g/mol. The predicted molar refractivity (Wildman–Crippen MR) is 125 cm³/mol. The molecule has 0 radical (unpaired) electrons. The highest BCUT2D eigenvalue weighted by Gasteiger charge is 2.60. The number of aliphatic hydroxyl groups is 2. The molecular weight excluding hydrogens is 368 g/mol. The van der Waals surface area contributed by atoms with Crippen molar-refractivity contribution in [3.63, 3.8) is 0 Å². The van der Waals surface area contributed by atoms with Crippen molar-refractivity contribution < 1.29 is 10.2 Å². The topological polar surface area (TPSA) is 40.5 Å². The molecule has 4 aliphatic carbocycles. The van der Waals surface area contributed by atoms with Gasteiger partial charge in [0.15, 0.2) is 0 Å². The second-order valence-electron chi connectivity index (χ2n) is 13.1. The number of rotatable bonds is 5. The van der Waals surface area contributed by atoms with Gasteiger partial charge in [-0.15, -0.1) is 0 Å². The van der Waals surface area contributed by atoms with Crippen molar-refractivity contribution in [2.75, 3.05) is 0 Å². The molecule has 0 saturated heterocycles. The van der Waals surface area contributed by atoms with Crippen molar-refractivity contribution in [3.8, 4) is 0 Å². The molecule has 0 aromatic carbocycles. The van der Waals surface area contributed by atoms with E-state index in [1.165, 1.54) is 32.1 Å². The molecule has 0 spiro atoms.